The summed E-state index contributed by atoms with van der Waals surface area (Å²) in [7, 11) is 0. The van der Waals surface area contributed by atoms with E-state index in [1.807, 2.05) is 26.8 Å². The first-order valence-corrected chi connectivity index (χ1v) is 8.60. The van der Waals surface area contributed by atoms with E-state index in [4.69, 9.17) is 0 Å². The van der Waals surface area contributed by atoms with Crippen LogP contribution in [0.4, 0.5) is 4.39 Å². The van der Waals surface area contributed by atoms with Crippen LogP contribution in [-0.2, 0) is 13.0 Å². The zero-order chi connectivity index (χ0) is 16.7. The van der Waals surface area contributed by atoms with Gasteiger partial charge in [0.1, 0.15) is 5.82 Å². The van der Waals surface area contributed by atoms with Gasteiger partial charge in [0.05, 0.1) is 17.2 Å². The van der Waals surface area contributed by atoms with E-state index >= 15 is 0 Å². The van der Waals surface area contributed by atoms with Crippen molar-refractivity contribution in [1.82, 2.24) is 15.6 Å². The Morgan fingerprint density at radius 2 is 2.04 bits per heavy atom. The van der Waals surface area contributed by atoms with Crippen molar-refractivity contribution in [1.29, 1.82) is 0 Å². The molecule has 1 aromatic heterocycles. The molecule has 1 aromatic carbocycles. The summed E-state index contributed by atoms with van der Waals surface area (Å²) in [5.74, 6) is 0.484. The van der Waals surface area contributed by atoms with Crippen LogP contribution in [0.1, 0.15) is 28.1 Å². The molecule has 0 aliphatic rings. The lowest BCUT2D eigenvalue weighted by atomic mass is 10.2. The first-order valence-electron chi connectivity index (χ1n) is 7.78. The smallest absolute Gasteiger partial charge is 0.191 e. The molecule has 0 spiro atoms. The molecule has 0 radical (unpaired) electrons. The average molecular weight is 334 g/mol. The highest BCUT2D eigenvalue weighted by molar-refractivity contribution is 7.11. The molecule has 0 amide bonds. The first-order chi connectivity index (χ1) is 11.1. The highest BCUT2D eigenvalue weighted by Crippen LogP contribution is 2.17. The van der Waals surface area contributed by atoms with Gasteiger partial charge in [-0.25, -0.2) is 14.4 Å². The fourth-order valence-electron chi connectivity index (χ4n) is 2.23. The molecule has 0 bridgehead atoms. The number of aryl methyl sites for hydroxylation is 2. The van der Waals surface area contributed by atoms with E-state index in [2.05, 4.69) is 20.6 Å². The van der Waals surface area contributed by atoms with E-state index in [9.17, 15) is 4.39 Å². The second-order valence-corrected chi connectivity index (χ2v) is 6.49. The van der Waals surface area contributed by atoms with Crippen molar-refractivity contribution in [2.45, 2.75) is 33.7 Å². The molecule has 0 aliphatic heterocycles. The lowest BCUT2D eigenvalue weighted by Gasteiger charge is -2.11. The summed E-state index contributed by atoms with van der Waals surface area (Å²) < 4.78 is 13.6. The monoisotopic (exact) mass is 334 g/mol. The molecular weight excluding hydrogens is 311 g/mol. The Hall–Kier alpha value is -1.95. The van der Waals surface area contributed by atoms with Gasteiger partial charge in [-0.3, -0.25) is 0 Å². The third-order valence-electron chi connectivity index (χ3n) is 3.35. The third-order valence-corrected chi connectivity index (χ3v) is 4.49. The van der Waals surface area contributed by atoms with Crippen molar-refractivity contribution >= 4 is 17.3 Å². The number of benzene rings is 1. The number of thiazole rings is 1. The standard InChI is InChI=1S/C17H23FN4S/c1-4-19-17(21-11-14-7-5-6-8-15(14)18)20-10-9-16-12(2)22-13(3)23-16/h5-8H,4,9-11H2,1-3H3,(H2,19,20,21). The second kappa shape index (κ2) is 8.62. The largest absolute Gasteiger partial charge is 0.357 e. The first kappa shape index (κ1) is 17.4. The van der Waals surface area contributed by atoms with Crippen LogP contribution < -0.4 is 10.6 Å². The Morgan fingerprint density at radius 3 is 2.70 bits per heavy atom. The molecule has 0 fully saturated rings. The number of guanidine groups is 1. The molecule has 2 rings (SSSR count). The Morgan fingerprint density at radius 1 is 1.26 bits per heavy atom. The van der Waals surface area contributed by atoms with Gasteiger partial charge in [0.2, 0.25) is 0 Å². The van der Waals surface area contributed by atoms with Crippen LogP contribution in [0.2, 0.25) is 0 Å². The molecule has 0 aliphatic carbocycles. The van der Waals surface area contributed by atoms with Crippen molar-refractivity contribution in [2.24, 2.45) is 4.99 Å². The van der Waals surface area contributed by atoms with Gasteiger partial charge in [-0.1, -0.05) is 18.2 Å². The van der Waals surface area contributed by atoms with Crippen molar-refractivity contribution < 1.29 is 4.39 Å². The van der Waals surface area contributed by atoms with Crippen LogP contribution in [0.3, 0.4) is 0 Å². The fraction of sp³-hybridized carbons (Fsp3) is 0.412. The Bertz CT molecular complexity index is 666. The van der Waals surface area contributed by atoms with Crippen LogP contribution in [-0.4, -0.2) is 24.0 Å². The predicted octanol–water partition coefficient (Wildman–Crippen LogP) is 3.20. The lowest BCUT2D eigenvalue weighted by Crippen LogP contribution is -2.38. The zero-order valence-electron chi connectivity index (χ0n) is 13.8. The van der Waals surface area contributed by atoms with E-state index in [0.717, 1.165) is 30.2 Å². The molecule has 0 saturated carbocycles. The van der Waals surface area contributed by atoms with Gasteiger partial charge in [0.25, 0.3) is 0 Å². The van der Waals surface area contributed by atoms with Gasteiger partial charge in [-0.15, -0.1) is 11.3 Å². The maximum Gasteiger partial charge on any atom is 0.191 e. The number of hydrogen-bond donors (Lipinski definition) is 2. The summed E-state index contributed by atoms with van der Waals surface area (Å²) in [6.45, 7) is 7.93. The number of hydrogen-bond acceptors (Lipinski definition) is 3. The number of nitrogens with one attached hydrogen (secondary N) is 2. The maximum absolute atomic E-state index is 13.6. The van der Waals surface area contributed by atoms with E-state index in [1.54, 1.807) is 23.5 Å². The molecule has 23 heavy (non-hydrogen) atoms. The van der Waals surface area contributed by atoms with E-state index < -0.39 is 0 Å². The minimum Gasteiger partial charge on any atom is -0.357 e. The summed E-state index contributed by atoms with van der Waals surface area (Å²) in [4.78, 5) is 10.2. The number of aliphatic imine (C=N–C) groups is 1. The lowest BCUT2D eigenvalue weighted by molar-refractivity contribution is 0.610. The van der Waals surface area contributed by atoms with Crippen LogP contribution in [0.25, 0.3) is 0 Å². The highest BCUT2D eigenvalue weighted by atomic mass is 32.1. The molecular formula is C17H23FN4S. The Kier molecular flexibility index (Phi) is 6.52. The molecule has 124 valence electrons. The molecule has 2 N–H and O–H groups in total. The third kappa shape index (κ3) is 5.32. The molecule has 4 nitrogen and oxygen atoms in total. The molecule has 0 unspecified atom stereocenters. The fourth-order valence-corrected chi connectivity index (χ4v) is 3.17. The Balaban J connectivity index is 1.91. The second-order valence-electron chi connectivity index (χ2n) is 5.20. The van der Waals surface area contributed by atoms with E-state index in [1.165, 1.54) is 10.9 Å². The summed E-state index contributed by atoms with van der Waals surface area (Å²) >= 11 is 1.73. The molecule has 1 heterocycles. The Labute approximate surface area is 140 Å². The summed E-state index contributed by atoms with van der Waals surface area (Å²) in [6.07, 6.45) is 0.904. The van der Waals surface area contributed by atoms with Gasteiger partial charge in [0, 0.05) is 30.0 Å². The van der Waals surface area contributed by atoms with Crippen LogP contribution >= 0.6 is 11.3 Å². The molecule has 0 atom stereocenters. The van der Waals surface area contributed by atoms with Crippen molar-refractivity contribution in [3.63, 3.8) is 0 Å². The molecule has 6 heteroatoms. The SMILES string of the molecule is CCNC(=NCc1ccccc1F)NCCc1sc(C)nc1C. The van der Waals surface area contributed by atoms with Crippen molar-refractivity contribution in [2.75, 3.05) is 13.1 Å². The van der Waals surface area contributed by atoms with Crippen molar-refractivity contribution in [3.05, 3.63) is 51.2 Å². The van der Waals surface area contributed by atoms with Crippen LogP contribution in [0, 0.1) is 19.7 Å². The van der Waals surface area contributed by atoms with Gasteiger partial charge >= 0.3 is 0 Å². The highest BCUT2D eigenvalue weighted by Gasteiger charge is 2.05. The average Bonchev–Trinajstić information content (AvgIpc) is 2.84. The zero-order valence-corrected chi connectivity index (χ0v) is 14.6. The van der Waals surface area contributed by atoms with Gasteiger partial charge in [-0.2, -0.15) is 0 Å². The van der Waals surface area contributed by atoms with Gasteiger partial charge < -0.3 is 10.6 Å². The minimum absolute atomic E-state index is 0.220. The van der Waals surface area contributed by atoms with E-state index in [-0.39, 0.29) is 5.82 Å². The summed E-state index contributed by atoms with van der Waals surface area (Å²) in [5, 5.41) is 7.57. The number of aromatic nitrogens is 1. The normalized spacial score (nSPS) is 11.6. The topological polar surface area (TPSA) is 49.3 Å². The summed E-state index contributed by atoms with van der Waals surface area (Å²) in [5.41, 5.74) is 1.70. The van der Waals surface area contributed by atoms with Gasteiger partial charge in [0.15, 0.2) is 5.96 Å². The quantitative estimate of drug-likeness (QED) is 0.630. The molecule has 2 aromatic rings. The maximum atomic E-state index is 13.6. The summed E-state index contributed by atoms with van der Waals surface area (Å²) in [6, 6.07) is 6.72. The number of rotatable bonds is 6. The van der Waals surface area contributed by atoms with E-state index in [0.29, 0.717) is 18.1 Å². The van der Waals surface area contributed by atoms with Crippen LogP contribution in [0.5, 0.6) is 0 Å². The van der Waals surface area contributed by atoms with Gasteiger partial charge in [-0.05, 0) is 26.8 Å². The predicted molar refractivity (Wildman–Crippen MR) is 94.5 cm³/mol. The van der Waals surface area contributed by atoms with Crippen molar-refractivity contribution in [3.8, 4) is 0 Å². The minimum atomic E-state index is -0.220. The molecule has 0 saturated heterocycles. The number of halogens is 1. The number of nitrogens with zero attached hydrogens (tertiary/aromatic N) is 2. The van der Waals surface area contributed by atoms with Crippen LogP contribution in [0.15, 0.2) is 29.3 Å².